The summed E-state index contributed by atoms with van der Waals surface area (Å²) in [7, 11) is 1.56. The first-order valence-electron chi connectivity index (χ1n) is 10.6. The lowest BCUT2D eigenvalue weighted by molar-refractivity contribution is 0.0743. The number of amides is 1. The van der Waals surface area contributed by atoms with E-state index < -0.39 is 0 Å². The maximum Gasteiger partial charge on any atom is 0.257 e. The summed E-state index contributed by atoms with van der Waals surface area (Å²) >= 11 is 7.73. The minimum atomic E-state index is -0.0117. The minimum absolute atomic E-state index is 0.0117. The van der Waals surface area contributed by atoms with Gasteiger partial charge >= 0.3 is 0 Å². The lowest BCUT2D eigenvalue weighted by Crippen LogP contribution is -2.48. The fraction of sp³-hybridized carbons (Fsp3) is 0.545. The van der Waals surface area contributed by atoms with Gasteiger partial charge in [0.15, 0.2) is 5.13 Å². The third-order valence-electron chi connectivity index (χ3n) is 6.03. The highest BCUT2D eigenvalue weighted by atomic mass is 35.5. The van der Waals surface area contributed by atoms with Gasteiger partial charge in [-0.1, -0.05) is 18.5 Å². The van der Waals surface area contributed by atoms with E-state index in [0.29, 0.717) is 29.4 Å². The predicted octanol–water partition coefficient (Wildman–Crippen LogP) is 4.00. The average molecular weight is 449 g/mol. The summed E-state index contributed by atoms with van der Waals surface area (Å²) in [6.07, 6.45) is 2.57. The molecule has 1 amide bonds. The number of hydrogen-bond donors (Lipinski definition) is 0. The molecule has 0 aliphatic carbocycles. The molecular weight excluding hydrogens is 420 g/mol. The lowest BCUT2D eigenvalue weighted by Gasteiger charge is -2.34. The van der Waals surface area contributed by atoms with Gasteiger partial charge in [-0.15, -0.1) is 11.3 Å². The molecule has 0 atom stereocenters. The van der Waals surface area contributed by atoms with E-state index in [1.54, 1.807) is 36.6 Å². The van der Waals surface area contributed by atoms with Crippen LogP contribution >= 0.6 is 22.9 Å². The fourth-order valence-electron chi connectivity index (χ4n) is 4.08. The van der Waals surface area contributed by atoms with E-state index in [0.717, 1.165) is 36.4 Å². The number of carbonyl (C=O) groups is 1. The molecule has 0 radical (unpaired) electrons. The summed E-state index contributed by atoms with van der Waals surface area (Å²) in [5, 5.41) is 3.81. The highest BCUT2D eigenvalue weighted by molar-refractivity contribution is 7.13. The van der Waals surface area contributed by atoms with Gasteiger partial charge in [0.25, 0.3) is 5.91 Å². The number of rotatable bonds is 5. The van der Waals surface area contributed by atoms with Crippen molar-refractivity contribution in [3.63, 3.8) is 0 Å². The van der Waals surface area contributed by atoms with E-state index in [4.69, 9.17) is 21.3 Å². The molecule has 0 bridgehead atoms. The summed E-state index contributed by atoms with van der Waals surface area (Å²) in [6.45, 7) is 8.54. The number of likely N-dealkylation sites (tertiary alicyclic amines) is 1. The molecule has 2 aromatic rings. The molecule has 0 unspecified atom stereocenters. The predicted molar refractivity (Wildman–Crippen MR) is 122 cm³/mol. The number of anilines is 1. The second-order valence-electron chi connectivity index (χ2n) is 8.20. The maximum absolute atomic E-state index is 12.9. The fourth-order valence-corrected chi connectivity index (χ4v) is 5.11. The van der Waals surface area contributed by atoms with Crippen molar-refractivity contribution in [2.75, 3.05) is 51.3 Å². The molecule has 0 spiro atoms. The quantitative estimate of drug-likeness (QED) is 0.691. The molecule has 4 rings (SSSR count). The number of hydrogen-bond acceptors (Lipinski definition) is 6. The maximum atomic E-state index is 12.9. The first kappa shape index (κ1) is 21.4. The third-order valence-corrected chi connectivity index (χ3v) is 7.22. The van der Waals surface area contributed by atoms with E-state index in [2.05, 4.69) is 22.1 Å². The van der Waals surface area contributed by atoms with Crippen LogP contribution in [0.5, 0.6) is 5.75 Å². The topological polar surface area (TPSA) is 48.9 Å². The van der Waals surface area contributed by atoms with Gasteiger partial charge in [0, 0.05) is 43.1 Å². The number of nitrogens with zero attached hydrogens (tertiary/aromatic N) is 4. The molecule has 1 aromatic carbocycles. The Hall–Kier alpha value is -1.83. The van der Waals surface area contributed by atoms with Crippen molar-refractivity contribution in [3.05, 3.63) is 39.9 Å². The largest absolute Gasteiger partial charge is 0.496 e. The monoisotopic (exact) mass is 448 g/mol. The molecule has 1 aromatic heterocycles. The van der Waals surface area contributed by atoms with Crippen LogP contribution in [0, 0.1) is 5.92 Å². The van der Waals surface area contributed by atoms with Gasteiger partial charge in [-0.25, -0.2) is 4.98 Å². The number of benzene rings is 1. The van der Waals surface area contributed by atoms with Crippen LogP contribution in [0.15, 0.2) is 23.6 Å². The number of piperazine rings is 1. The van der Waals surface area contributed by atoms with E-state index >= 15 is 0 Å². The second-order valence-corrected chi connectivity index (χ2v) is 9.48. The Morgan fingerprint density at radius 2 is 1.93 bits per heavy atom. The Kier molecular flexibility index (Phi) is 6.80. The minimum Gasteiger partial charge on any atom is -0.496 e. The van der Waals surface area contributed by atoms with Gasteiger partial charge in [0.05, 0.1) is 18.4 Å². The van der Waals surface area contributed by atoms with E-state index in [1.807, 2.05) is 4.90 Å². The molecule has 2 aliphatic rings. The Balaban J connectivity index is 1.33. The SMILES string of the molecule is COc1cc(Cl)ccc1C(=O)N1CCN(c2nc(CN3CCC(C)CC3)cs2)CC1. The zero-order chi connectivity index (χ0) is 21.1. The molecule has 30 heavy (non-hydrogen) atoms. The Bertz CT molecular complexity index is 874. The van der Waals surface area contributed by atoms with Crippen molar-refractivity contribution >= 4 is 34.0 Å². The Morgan fingerprint density at radius 1 is 1.20 bits per heavy atom. The van der Waals surface area contributed by atoms with Crippen LogP contribution in [0.2, 0.25) is 5.02 Å². The summed E-state index contributed by atoms with van der Waals surface area (Å²) in [6, 6.07) is 5.16. The molecule has 6 nitrogen and oxygen atoms in total. The van der Waals surface area contributed by atoms with E-state index in [1.165, 1.54) is 25.9 Å². The normalized spacial score (nSPS) is 18.6. The van der Waals surface area contributed by atoms with Crippen molar-refractivity contribution in [2.24, 2.45) is 5.92 Å². The summed E-state index contributed by atoms with van der Waals surface area (Å²) < 4.78 is 5.34. The van der Waals surface area contributed by atoms with E-state index in [9.17, 15) is 4.79 Å². The van der Waals surface area contributed by atoms with Gasteiger partial charge < -0.3 is 14.5 Å². The van der Waals surface area contributed by atoms with Gasteiger partial charge in [-0.2, -0.15) is 0 Å². The first-order valence-corrected chi connectivity index (χ1v) is 11.8. The highest BCUT2D eigenvalue weighted by Gasteiger charge is 2.26. The van der Waals surface area contributed by atoms with Crippen LogP contribution in [0.4, 0.5) is 5.13 Å². The van der Waals surface area contributed by atoms with Crippen LogP contribution in [-0.2, 0) is 6.54 Å². The summed E-state index contributed by atoms with van der Waals surface area (Å²) in [5.74, 6) is 1.35. The molecule has 8 heteroatoms. The smallest absolute Gasteiger partial charge is 0.257 e. The van der Waals surface area contributed by atoms with Gasteiger partial charge in [-0.3, -0.25) is 9.69 Å². The number of thiazole rings is 1. The molecule has 2 fully saturated rings. The van der Waals surface area contributed by atoms with Crippen LogP contribution in [-0.4, -0.2) is 67.1 Å². The summed E-state index contributed by atoms with van der Waals surface area (Å²) in [5.41, 5.74) is 1.72. The number of aromatic nitrogens is 1. The van der Waals surface area contributed by atoms with Gasteiger partial charge in [0.2, 0.25) is 0 Å². The number of ether oxygens (including phenoxy) is 1. The Labute approximate surface area is 187 Å². The van der Waals surface area contributed by atoms with Gasteiger partial charge in [-0.05, 0) is 50.0 Å². The number of halogens is 1. The zero-order valence-electron chi connectivity index (χ0n) is 17.6. The van der Waals surface area contributed by atoms with Crippen LogP contribution in [0.25, 0.3) is 0 Å². The lowest BCUT2D eigenvalue weighted by atomic mass is 9.99. The van der Waals surface area contributed by atoms with Crippen molar-refractivity contribution in [2.45, 2.75) is 26.3 Å². The molecule has 3 heterocycles. The van der Waals surface area contributed by atoms with Crippen molar-refractivity contribution < 1.29 is 9.53 Å². The van der Waals surface area contributed by atoms with E-state index in [-0.39, 0.29) is 5.91 Å². The molecule has 0 saturated carbocycles. The highest BCUT2D eigenvalue weighted by Crippen LogP contribution is 2.27. The Morgan fingerprint density at radius 3 is 2.63 bits per heavy atom. The molecular formula is C22H29ClN4O2S. The first-order chi connectivity index (χ1) is 14.5. The van der Waals surface area contributed by atoms with Crippen LogP contribution < -0.4 is 9.64 Å². The number of methoxy groups -OCH3 is 1. The van der Waals surface area contributed by atoms with Crippen molar-refractivity contribution in [1.29, 1.82) is 0 Å². The molecule has 2 aliphatic heterocycles. The van der Waals surface area contributed by atoms with Crippen molar-refractivity contribution in [3.8, 4) is 5.75 Å². The molecule has 0 N–H and O–H groups in total. The second kappa shape index (κ2) is 9.54. The average Bonchev–Trinajstić information content (AvgIpc) is 3.23. The number of piperidine rings is 1. The van der Waals surface area contributed by atoms with Gasteiger partial charge in [0.1, 0.15) is 5.75 Å². The molecule has 162 valence electrons. The van der Waals surface area contributed by atoms with Crippen molar-refractivity contribution in [1.82, 2.24) is 14.8 Å². The molecule has 2 saturated heterocycles. The van der Waals surface area contributed by atoms with Crippen LogP contribution in [0.1, 0.15) is 35.8 Å². The zero-order valence-corrected chi connectivity index (χ0v) is 19.2. The third kappa shape index (κ3) is 4.90. The van der Waals surface area contributed by atoms with Crippen LogP contribution in [0.3, 0.4) is 0 Å². The standard InChI is InChI=1S/C22H29ClN4O2S/c1-16-5-7-25(8-6-16)14-18-15-30-22(24-18)27-11-9-26(10-12-27)21(28)19-4-3-17(23)13-20(19)29-2/h3-4,13,15-16H,5-12,14H2,1-2H3. The summed E-state index contributed by atoms with van der Waals surface area (Å²) in [4.78, 5) is 24.5. The number of carbonyl (C=O) groups excluding carboxylic acids is 1.